The summed E-state index contributed by atoms with van der Waals surface area (Å²) in [7, 11) is 0. The minimum atomic E-state index is -1.08. The van der Waals surface area contributed by atoms with Crippen LogP contribution in [0.15, 0.2) is 55.6 Å². The molecule has 5 rings (SSSR count). The molecule has 4 fully saturated rings. The lowest BCUT2D eigenvalue weighted by Gasteiger charge is -2.41. The normalized spacial score (nSPS) is 29.9. The molecule has 1 aromatic rings. The van der Waals surface area contributed by atoms with Gasteiger partial charge in [-0.2, -0.15) is 0 Å². The van der Waals surface area contributed by atoms with E-state index in [9.17, 15) is 19.5 Å². The second-order valence-corrected chi connectivity index (χ2v) is 13.7. The molecule has 0 aromatic heterocycles. The SMILES string of the molecule is C=CCN(Cc1ccccc1)C(=O)[C@H]1[C@H]2C(=O)N(CCCCCO)C(C(=O)N(CC=C)C3CCCCC3)C23CC(Br)[C@@H]1O3. The molecule has 9 heteroatoms. The average molecular weight is 657 g/mol. The zero-order valence-corrected chi connectivity index (χ0v) is 26.7. The fraction of sp³-hybridized carbons (Fsp3) is 0.618. The number of amides is 3. The number of unbranched alkanes of at least 4 members (excludes halogenated alkanes) is 2. The van der Waals surface area contributed by atoms with E-state index in [2.05, 4.69) is 29.1 Å². The van der Waals surface area contributed by atoms with Crippen molar-refractivity contribution in [3.8, 4) is 0 Å². The predicted molar refractivity (Wildman–Crippen MR) is 169 cm³/mol. The van der Waals surface area contributed by atoms with Gasteiger partial charge in [-0.3, -0.25) is 14.4 Å². The smallest absolute Gasteiger partial charge is 0.248 e. The highest BCUT2D eigenvalue weighted by atomic mass is 79.9. The molecule has 234 valence electrons. The first-order valence-electron chi connectivity index (χ1n) is 16.0. The highest BCUT2D eigenvalue weighted by molar-refractivity contribution is 9.09. The number of likely N-dealkylation sites (tertiary alicyclic amines) is 1. The standard InChI is InChI=1S/C34H46BrN3O5/c1-3-18-36(23-24-14-8-5-9-15-24)31(40)27-28-32(41)38(20-12-7-13-21-39)30(34(28)22-26(35)29(27)43-34)33(42)37(19-4-2)25-16-10-6-11-17-25/h3-5,8-9,14-15,25-30,39H,1-2,6-7,10-13,16-23H2/t26?,27-,28-,29-,30?,34?/m0/s1. The van der Waals surface area contributed by atoms with E-state index in [4.69, 9.17) is 4.74 Å². The van der Waals surface area contributed by atoms with E-state index in [1.54, 1.807) is 22.0 Å². The average Bonchev–Trinajstić information content (AvgIpc) is 3.61. The Morgan fingerprint density at radius 3 is 2.44 bits per heavy atom. The van der Waals surface area contributed by atoms with Gasteiger partial charge in [-0.05, 0) is 44.1 Å². The Labute approximate surface area is 264 Å². The summed E-state index contributed by atoms with van der Waals surface area (Å²) in [5.41, 5.74) is -0.0823. The van der Waals surface area contributed by atoms with Crippen LogP contribution in [0.3, 0.4) is 0 Å². The summed E-state index contributed by atoms with van der Waals surface area (Å²) >= 11 is 3.81. The number of ether oxygens (including phenoxy) is 1. The lowest BCUT2D eigenvalue weighted by atomic mass is 9.70. The summed E-state index contributed by atoms with van der Waals surface area (Å²) in [6.45, 7) is 9.47. The van der Waals surface area contributed by atoms with Crippen molar-refractivity contribution in [2.45, 2.75) is 92.9 Å². The van der Waals surface area contributed by atoms with Crippen LogP contribution in [0.4, 0.5) is 0 Å². The number of alkyl halides is 1. The molecule has 1 aromatic carbocycles. The van der Waals surface area contributed by atoms with Crippen LogP contribution >= 0.6 is 15.9 Å². The maximum atomic E-state index is 14.7. The van der Waals surface area contributed by atoms with E-state index in [0.717, 1.165) is 37.7 Å². The van der Waals surface area contributed by atoms with Gasteiger partial charge in [-0.25, -0.2) is 0 Å². The zero-order valence-electron chi connectivity index (χ0n) is 25.1. The largest absolute Gasteiger partial charge is 0.396 e. The number of hydrogen-bond donors (Lipinski definition) is 1. The molecule has 1 aliphatic carbocycles. The van der Waals surface area contributed by atoms with E-state index in [1.807, 2.05) is 35.2 Å². The fourth-order valence-electron chi connectivity index (χ4n) is 8.01. The Kier molecular flexibility index (Phi) is 10.5. The summed E-state index contributed by atoms with van der Waals surface area (Å²) < 4.78 is 6.79. The summed E-state index contributed by atoms with van der Waals surface area (Å²) in [5.74, 6) is -1.82. The van der Waals surface area contributed by atoms with Gasteiger partial charge in [0.05, 0.1) is 17.9 Å². The molecular weight excluding hydrogens is 610 g/mol. The summed E-state index contributed by atoms with van der Waals surface area (Å²) in [6, 6.07) is 9.11. The molecule has 3 amide bonds. The number of fused-ring (bicyclic) bond motifs is 1. The van der Waals surface area contributed by atoms with Crippen molar-refractivity contribution in [2.75, 3.05) is 26.2 Å². The van der Waals surface area contributed by atoms with Crippen molar-refractivity contribution in [2.24, 2.45) is 11.8 Å². The summed E-state index contributed by atoms with van der Waals surface area (Å²) in [5, 5.41) is 9.34. The van der Waals surface area contributed by atoms with Crippen LogP contribution in [0, 0.1) is 11.8 Å². The monoisotopic (exact) mass is 655 g/mol. The minimum Gasteiger partial charge on any atom is -0.396 e. The maximum Gasteiger partial charge on any atom is 0.248 e. The lowest BCUT2D eigenvalue weighted by molar-refractivity contribution is -0.150. The van der Waals surface area contributed by atoms with Gasteiger partial charge in [-0.15, -0.1) is 13.2 Å². The van der Waals surface area contributed by atoms with Gasteiger partial charge in [0.2, 0.25) is 17.7 Å². The first-order chi connectivity index (χ1) is 20.9. The Balaban J connectivity index is 1.50. The van der Waals surface area contributed by atoms with Gasteiger partial charge in [0, 0.05) is 43.7 Å². The van der Waals surface area contributed by atoms with Crippen LogP contribution in [-0.4, -0.2) is 92.4 Å². The fourth-order valence-corrected chi connectivity index (χ4v) is 8.96. The molecule has 6 atom stereocenters. The Morgan fingerprint density at radius 2 is 1.77 bits per heavy atom. The second-order valence-electron chi connectivity index (χ2n) is 12.5. The third-order valence-electron chi connectivity index (χ3n) is 9.87. The molecule has 3 unspecified atom stereocenters. The number of aliphatic hydroxyl groups is 1. The molecule has 1 spiro atoms. The van der Waals surface area contributed by atoms with Crippen molar-refractivity contribution < 1.29 is 24.2 Å². The van der Waals surface area contributed by atoms with Crippen LogP contribution in [-0.2, 0) is 25.7 Å². The van der Waals surface area contributed by atoms with E-state index in [1.165, 1.54) is 6.42 Å². The van der Waals surface area contributed by atoms with Gasteiger partial charge in [0.15, 0.2) is 0 Å². The van der Waals surface area contributed by atoms with Gasteiger partial charge >= 0.3 is 0 Å². The molecule has 1 saturated carbocycles. The van der Waals surface area contributed by atoms with Crippen LogP contribution in [0.5, 0.6) is 0 Å². The molecular formula is C34H46BrN3O5. The number of carbonyl (C=O) groups is 3. The van der Waals surface area contributed by atoms with E-state index >= 15 is 0 Å². The van der Waals surface area contributed by atoms with E-state index < -0.39 is 29.6 Å². The highest BCUT2D eigenvalue weighted by Gasteiger charge is 2.76. The first-order valence-corrected chi connectivity index (χ1v) is 16.9. The van der Waals surface area contributed by atoms with Crippen molar-refractivity contribution in [3.05, 3.63) is 61.2 Å². The number of rotatable bonds is 14. The topological polar surface area (TPSA) is 90.4 Å². The van der Waals surface area contributed by atoms with Crippen molar-refractivity contribution in [3.63, 3.8) is 0 Å². The van der Waals surface area contributed by atoms with E-state index in [0.29, 0.717) is 45.4 Å². The van der Waals surface area contributed by atoms with Crippen LogP contribution in [0.1, 0.15) is 63.4 Å². The summed E-state index contributed by atoms with van der Waals surface area (Å²) in [6.07, 6.45) is 10.7. The molecule has 3 heterocycles. The Hall–Kier alpha value is -2.49. The Bertz CT molecular complexity index is 1170. The number of aliphatic hydroxyl groups excluding tert-OH is 1. The van der Waals surface area contributed by atoms with Crippen molar-refractivity contribution >= 4 is 33.7 Å². The molecule has 4 aliphatic rings. The number of halogens is 1. The number of carbonyl (C=O) groups excluding carboxylic acids is 3. The van der Waals surface area contributed by atoms with Crippen LogP contribution in [0.25, 0.3) is 0 Å². The molecule has 3 aliphatic heterocycles. The third-order valence-corrected chi connectivity index (χ3v) is 10.7. The van der Waals surface area contributed by atoms with Gasteiger partial charge in [0.1, 0.15) is 11.6 Å². The third kappa shape index (κ3) is 6.09. The molecule has 1 N–H and O–H groups in total. The predicted octanol–water partition coefficient (Wildman–Crippen LogP) is 4.46. The number of hydrogen-bond acceptors (Lipinski definition) is 5. The Morgan fingerprint density at radius 1 is 1.05 bits per heavy atom. The minimum absolute atomic E-state index is 0.0881. The van der Waals surface area contributed by atoms with Crippen molar-refractivity contribution in [1.82, 2.24) is 14.7 Å². The maximum absolute atomic E-state index is 14.7. The van der Waals surface area contributed by atoms with Crippen LogP contribution < -0.4 is 0 Å². The highest BCUT2D eigenvalue weighted by Crippen LogP contribution is 2.60. The molecule has 0 radical (unpaired) electrons. The number of benzene rings is 1. The molecule has 43 heavy (non-hydrogen) atoms. The van der Waals surface area contributed by atoms with Gasteiger partial charge < -0.3 is 24.5 Å². The van der Waals surface area contributed by atoms with Gasteiger partial charge in [-0.1, -0.05) is 77.7 Å². The summed E-state index contributed by atoms with van der Waals surface area (Å²) in [4.78, 5) is 48.8. The van der Waals surface area contributed by atoms with Gasteiger partial charge in [0.25, 0.3) is 0 Å². The van der Waals surface area contributed by atoms with E-state index in [-0.39, 0.29) is 35.2 Å². The molecule has 8 nitrogen and oxygen atoms in total. The lowest BCUT2D eigenvalue weighted by Crippen LogP contribution is -2.58. The quantitative estimate of drug-likeness (QED) is 0.182. The second kappa shape index (κ2) is 14.1. The zero-order chi connectivity index (χ0) is 30.6. The van der Waals surface area contributed by atoms with Crippen molar-refractivity contribution in [1.29, 1.82) is 0 Å². The number of nitrogens with zero attached hydrogens (tertiary/aromatic N) is 3. The van der Waals surface area contributed by atoms with Crippen LogP contribution in [0.2, 0.25) is 0 Å². The first kappa shape index (κ1) is 31.9. The molecule has 2 bridgehead atoms. The molecule has 3 saturated heterocycles.